The van der Waals surface area contributed by atoms with Crippen LogP contribution in [0.1, 0.15) is 40.2 Å². The molecule has 4 amide bonds. The Morgan fingerprint density at radius 1 is 1.25 bits per heavy atom. The maximum atomic E-state index is 12.3. The summed E-state index contributed by atoms with van der Waals surface area (Å²) < 4.78 is 0. The van der Waals surface area contributed by atoms with E-state index in [0.29, 0.717) is 0 Å². The molecule has 130 valence electrons. The lowest BCUT2D eigenvalue weighted by Gasteiger charge is -2.33. The molecule has 24 heavy (non-hydrogen) atoms. The number of imide groups is 1. The second-order valence-corrected chi connectivity index (χ2v) is 7.32. The van der Waals surface area contributed by atoms with Crippen LogP contribution in [0.25, 0.3) is 0 Å². The minimum absolute atomic E-state index is 0.166. The number of nitrogens with one attached hydrogen (secondary N) is 2. The Bertz CT molecular complexity index is 653. The van der Waals surface area contributed by atoms with Gasteiger partial charge in [0.15, 0.2) is 0 Å². The first kappa shape index (κ1) is 18.0. The Labute approximate surface area is 142 Å². The number of carbonyl (C=O) groups excluding carboxylic acids is 3. The van der Waals surface area contributed by atoms with E-state index in [1.54, 1.807) is 13.8 Å². The molecule has 2 rings (SSSR count). The average Bonchev–Trinajstić information content (AvgIpc) is 2.70. The lowest BCUT2D eigenvalue weighted by Crippen LogP contribution is -2.50. The third kappa shape index (κ3) is 3.42. The molecule has 0 bridgehead atoms. The van der Waals surface area contributed by atoms with Gasteiger partial charge in [0.05, 0.1) is 0 Å². The van der Waals surface area contributed by atoms with Crippen molar-refractivity contribution in [3.05, 3.63) is 35.9 Å². The average molecular weight is 331 g/mol. The second kappa shape index (κ2) is 6.26. The van der Waals surface area contributed by atoms with Gasteiger partial charge in [-0.3, -0.25) is 14.5 Å². The number of hydrogen-bond donors (Lipinski definition) is 2. The predicted molar refractivity (Wildman–Crippen MR) is 91.4 cm³/mol. The van der Waals surface area contributed by atoms with Gasteiger partial charge in [-0.2, -0.15) is 0 Å². The van der Waals surface area contributed by atoms with Crippen LogP contribution in [0, 0.1) is 0 Å². The number of amides is 4. The fraction of sp³-hybridized carbons (Fsp3) is 0.500. The van der Waals surface area contributed by atoms with E-state index in [1.165, 1.54) is 0 Å². The van der Waals surface area contributed by atoms with Crippen LogP contribution in [0.15, 0.2) is 30.3 Å². The Morgan fingerprint density at radius 2 is 1.83 bits per heavy atom. The highest BCUT2D eigenvalue weighted by Gasteiger charge is 2.45. The summed E-state index contributed by atoms with van der Waals surface area (Å²) in [6, 6.07) is 9.20. The van der Waals surface area contributed by atoms with Crippen LogP contribution in [0.5, 0.6) is 0 Å². The van der Waals surface area contributed by atoms with Crippen LogP contribution in [0.2, 0.25) is 0 Å². The minimum Gasteiger partial charge on any atom is -0.351 e. The first-order valence-electron chi connectivity index (χ1n) is 8.04. The normalized spacial score (nSPS) is 18.3. The Morgan fingerprint density at radius 3 is 2.33 bits per heavy atom. The van der Waals surface area contributed by atoms with Gasteiger partial charge < -0.3 is 10.6 Å². The lowest BCUT2D eigenvalue weighted by molar-refractivity contribution is -0.134. The summed E-state index contributed by atoms with van der Waals surface area (Å²) in [6.07, 6.45) is 0. The van der Waals surface area contributed by atoms with Gasteiger partial charge in [-0.25, -0.2) is 4.79 Å². The first-order chi connectivity index (χ1) is 11.1. The highest BCUT2D eigenvalue weighted by molar-refractivity contribution is 6.08. The summed E-state index contributed by atoms with van der Waals surface area (Å²) >= 11 is 0. The Hall–Kier alpha value is -2.37. The van der Waals surface area contributed by atoms with Crippen molar-refractivity contribution in [3.8, 4) is 0 Å². The van der Waals surface area contributed by atoms with E-state index >= 15 is 0 Å². The smallest absolute Gasteiger partial charge is 0.325 e. The molecule has 1 aromatic carbocycles. The highest BCUT2D eigenvalue weighted by atomic mass is 16.2. The van der Waals surface area contributed by atoms with Crippen LogP contribution in [0.3, 0.4) is 0 Å². The summed E-state index contributed by atoms with van der Waals surface area (Å²) in [5.74, 6) is -0.745. The summed E-state index contributed by atoms with van der Waals surface area (Å²) in [6.45, 7) is 8.97. The van der Waals surface area contributed by atoms with E-state index in [4.69, 9.17) is 0 Å². The number of rotatable bonds is 5. The number of benzene rings is 1. The molecule has 1 heterocycles. The van der Waals surface area contributed by atoms with Crippen molar-refractivity contribution in [2.24, 2.45) is 0 Å². The molecule has 1 aliphatic heterocycles. The van der Waals surface area contributed by atoms with E-state index in [-0.39, 0.29) is 23.9 Å². The minimum atomic E-state index is -0.966. The molecule has 1 aromatic rings. The van der Waals surface area contributed by atoms with Crippen LogP contribution in [-0.2, 0) is 15.0 Å². The molecule has 1 fully saturated rings. The standard InChI is InChI=1S/C18H25N3O3/c1-12(17(2,3)13-9-7-6-8-10-13)19-14(22)11-21-15(23)18(4,5)20-16(21)24/h6-10,12H,11H2,1-5H3,(H,19,22)(H,20,24). The molecule has 0 saturated carbocycles. The first-order valence-corrected chi connectivity index (χ1v) is 8.04. The molecule has 1 aliphatic rings. The van der Waals surface area contributed by atoms with Gasteiger partial charge in [-0.15, -0.1) is 0 Å². The molecule has 0 aliphatic carbocycles. The monoisotopic (exact) mass is 331 g/mol. The summed E-state index contributed by atoms with van der Waals surface area (Å²) in [4.78, 5) is 37.3. The van der Waals surface area contributed by atoms with Crippen molar-refractivity contribution in [1.29, 1.82) is 0 Å². The molecule has 6 heteroatoms. The molecule has 6 nitrogen and oxygen atoms in total. The molecule has 1 unspecified atom stereocenters. The van der Waals surface area contributed by atoms with E-state index in [2.05, 4.69) is 10.6 Å². The fourth-order valence-corrected chi connectivity index (χ4v) is 2.69. The Balaban J connectivity index is 2.02. The zero-order valence-electron chi connectivity index (χ0n) is 14.8. The molecular formula is C18H25N3O3. The van der Waals surface area contributed by atoms with Crippen molar-refractivity contribution >= 4 is 17.8 Å². The highest BCUT2D eigenvalue weighted by Crippen LogP contribution is 2.26. The topological polar surface area (TPSA) is 78.5 Å². The lowest BCUT2D eigenvalue weighted by atomic mass is 9.78. The van der Waals surface area contributed by atoms with Gasteiger partial charge in [0.2, 0.25) is 5.91 Å². The van der Waals surface area contributed by atoms with E-state index in [1.807, 2.05) is 51.1 Å². The number of nitrogens with zero attached hydrogens (tertiary/aromatic N) is 1. The molecule has 0 aromatic heterocycles. The predicted octanol–water partition coefficient (Wildman–Crippen LogP) is 1.80. The van der Waals surface area contributed by atoms with Crippen LogP contribution < -0.4 is 10.6 Å². The van der Waals surface area contributed by atoms with Gasteiger partial charge in [0, 0.05) is 11.5 Å². The largest absolute Gasteiger partial charge is 0.351 e. The van der Waals surface area contributed by atoms with Crippen LogP contribution in [0.4, 0.5) is 4.79 Å². The summed E-state index contributed by atoms with van der Waals surface area (Å²) in [5.41, 5.74) is -0.145. The van der Waals surface area contributed by atoms with Gasteiger partial charge in [-0.05, 0) is 26.3 Å². The zero-order chi connectivity index (χ0) is 18.1. The van der Waals surface area contributed by atoms with Crippen molar-refractivity contribution in [2.75, 3.05) is 6.54 Å². The Kier molecular flexibility index (Phi) is 4.69. The third-order valence-corrected chi connectivity index (χ3v) is 4.72. The zero-order valence-corrected chi connectivity index (χ0v) is 14.8. The maximum Gasteiger partial charge on any atom is 0.325 e. The molecule has 0 spiro atoms. The molecular weight excluding hydrogens is 306 g/mol. The van der Waals surface area contributed by atoms with Gasteiger partial charge in [0.25, 0.3) is 5.91 Å². The van der Waals surface area contributed by atoms with Crippen LogP contribution >= 0.6 is 0 Å². The molecule has 2 N–H and O–H groups in total. The van der Waals surface area contributed by atoms with E-state index in [9.17, 15) is 14.4 Å². The molecule has 0 radical (unpaired) electrons. The second-order valence-electron chi connectivity index (χ2n) is 7.32. The molecule has 1 atom stereocenters. The maximum absolute atomic E-state index is 12.3. The fourth-order valence-electron chi connectivity index (χ4n) is 2.69. The third-order valence-electron chi connectivity index (χ3n) is 4.72. The van der Waals surface area contributed by atoms with Crippen molar-refractivity contribution in [3.63, 3.8) is 0 Å². The molecule has 1 saturated heterocycles. The number of carbonyl (C=O) groups is 3. The SMILES string of the molecule is CC(NC(=O)CN1C(=O)NC(C)(C)C1=O)C(C)(C)c1ccccc1. The van der Waals surface area contributed by atoms with E-state index < -0.39 is 17.5 Å². The van der Waals surface area contributed by atoms with Crippen LogP contribution in [-0.4, -0.2) is 40.9 Å². The van der Waals surface area contributed by atoms with Gasteiger partial charge >= 0.3 is 6.03 Å². The summed E-state index contributed by atoms with van der Waals surface area (Å²) in [5, 5.41) is 5.47. The quantitative estimate of drug-likeness (QED) is 0.808. The van der Waals surface area contributed by atoms with E-state index in [0.717, 1.165) is 10.5 Å². The van der Waals surface area contributed by atoms with Crippen molar-refractivity contribution in [2.45, 2.75) is 51.6 Å². The van der Waals surface area contributed by atoms with Gasteiger partial charge in [-0.1, -0.05) is 44.2 Å². The number of hydrogen-bond acceptors (Lipinski definition) is 3. The number of urea groups is 1. The van der Waals surface area contributed by atoms with Crippen molar-refractivity contribution < 1.29 is 14.4 Å². The van der Waals surface area contributed by atoms with Gasteiger partial charge in [0.1, 0.15) is 12.1 Å². The van der Waals surface area contributed by atoms with Crippen molar-refractivity contribution in [1.82, 2.24) is 15.5 Å². The summed E-state index contributed by atoms with van der Waals surface area (Å²) in [7, 11) is 0.